The summed E-state index contributed by atoms with van der Waals surface area (Å²) in [6, 6.07) is 9.47. The maximum Gasteiger partial charge on any atom is 0.338 e. The van der Waals surface area contributed by atoms with E-state index in [1.807, 2.05) is 15.2 Å². The molecular formula is C78H89Br2ClF7N15O12S3. The molecule has 9 heterocycles. The molecule has 27 nitrogen and oxygen atoms in total. The van der Waals surface area contributed by atoms with Crippen molar-refractivity contribution in [2.75, 3.05) is 139 Å². The van der Waals surface area contributed by atoms with Crippen molar-refractivity contribution in [1.82, 2.24) is 60.3 Å². The Labute approximate surface area is 710 Å². The molecule has 0 aliphatic carbocycles. The lowest BCUT2D eigenvalue weighted by Crippen LogP contribution is -2.51. The second-order valence-corrected chi connectivity index (χ2v) is 33.8. The Bertz CT molecular complexity index is 4560. The molecule has 118 heavy (non-hydrogen) atoms. The molecule has 0 saturated carbocycles. The monoisotopic (exact) mass is 1850 g/mol. The number of esters is 3. The third-order valence-electron chi connectivity index (χ3n) is 19.3. The van der Waals surface area contributed by atoms with E-state index in [0.29, 0.717) is 114 Å². The number of thiazole rings is 3. The number of carbonyl (C=O) groups is 6. The summed E-state index contributed by atoms with van der Waals surface area (Å²) in [4.78, 5) is 111. The van der Waals surface area contributed by atoms with Gasteiger partial charge in [-0.25, -0.2) is 60.1 Å². The quantitative estimate of drug-likeness (QED) is 0.0139. The van der Waals surface area contributed by atoms with Crippen molar-refractivity contribution in [2.24, 2.45) is 32.7 Å². The Balaban J connectivity index is 0.000000186. The number of hydrogen-bond donors (Lipinski definition) is 6. The van der Waals surface area contributed by atoms with Gasteiger partial charge in [0.15, 0.2) is 32.5 Å². The first kappa shape index (κ1) is 91.8. The van der Waals surface area contributed by atoms with Crippen molar-refractivity contribution in [3.8, 4) is 0 Å². The van der Waals surface area contributed by atoms with E-state index in [1.165, 1.54) is 81.4 Å². The van der Waals surface area contributed by atoms with E-state index in [1.54, 1.807) is 92.0 Å². The van der Waals surface area contributed by atoms with E-state index >= 15 is 0 Å². The summed E-state index contributed by atoms with van der Waals surface area (Å²) in [6.45, 7) is 7.25. The number of alkyl halides is 4. The lowest BCUT2D eigenvalue weighted by atomic mass is 9.92. The first-order chi connectivity index (χ1) is 56.2. The molecule has 6 N–H and O–H groups in total. The molecule has 636 valence electrons. The first-order valence-corrected chi connectivity index (χ1v) is 42.2. The van der Waals surface area contributed by atoms with Crippen LogP contribution in [-0.4, -0.2) is 270 Å². The smallest absolute Gasteiger partial charge is 0.338 e. The van der Waals surface area contributed by atoms with Crippen molar-refractivity contribution < 1.29 is 89.0 Å². The number of nitrogens with one attached hydrogen (secondary N) is 3. The summed E-state index contributed by atoms with van der Waals surface area (Å²) in [6.07, 6.45) is 2.92. The van der Waals surface area contributed by atoms with Crippen LogP contribution < -0.4 is 16.0 Å². The molecule has 3 fully saturated rings. The van der Waals surface area contributed by atoms with Gasteiger partial charge in [0.1, 0.15) is 47.9 Å². The van der Waals surface area contributed by atoms with Crippen LogP contribution in [0.5, 0.6) is 0 Å². The molecule has 6 aromatic rings. The predicted molar refractivity (Wildman–Crippen MR) is 438 cm³/mol. The van der Waals surface area contributed by atoms with Gasteiger partial charge in [0, 0.05) is 150 Å². The molecule has 12 rings (SSSR count). The van der Waals surface area contributed by atoms with Crippen LogP contribution in [0.25, 0.3) is 0 Å². The number of aromatic nitrogens is 3. The number of likely N-dealkylation sites (N-methyl/N-ethyl adjacent to an activating group) is 3. The normalized spacial score (nSPS) is 21.7. The molecule has 6 aliphatic heterocycles. The van der Waals surface area contributed by atoms with Gasteiger partial charge in [-0.05, 0) is 120 Å². The molecule has 6 aliphatic rings. The third kappa shape index (κ3) is 25.5. The van der Waals surface area contributed by atoms with Crippen LogP contribution in [0.15, 0.2) is 147 Å². The van der Waals surface area contributed by atoms with E-state index in [2.05, 4.69) is 62.8 Å². The fourth-order valence-electron chi connectivity index (χ4n) is 15.1. The number of carbonyl (C=O) groups excluding carboxylic acids is 3. The summed E-state index contributed by atoms with van der Waals surface area (Å²) < 4.78 is 118. The second kappa shape index (κ2) is 42.6. The number of carboxylic acid groups (broad SMARTS) is 3. The largest absolute Gasteiger partial charge is 0.480 e. The highest BCUT2D eigenvalue weighted by Crippen LogP contribution is 2.42. The molecule has 3 saturated heterocycles. The van der Waals surface area contributed by atoms with Crippen molar-refractivity contribution in [3.05, 3.63) is 186 Å². The minimum atomic E-state index is -3.02. The Morgan fingerprint density at radius 2 is 0.847 bits per heavy atom. The Morgan fingerprint density at radius 1 is 0.517 bits per heavy atom. The number of nitrogens with zero attached hydrogens (tertiary/aromatic N) is 12. The van der Waals surface area contributed by atoms with Crippen molar-refractivity contribution in [2.45, 2.75) is 76.4 Å². The number of aliphatic imine (C=N–C) groups is 3. The lowest BCUT2D eigenvalue weighted by Gasteiger charge is -2.40. The molecular weight excluding hydrogens is 1760 g/mol. The third-order valence-corrected chi connectivity index (χ3v) is 23.3. The van der Waals surface area contributed by atoms with Gasteiger partial charge in [0.05, 0.1) is 62.7 Å². The number of ether oxygens (including phenoxy) is 3. The van der Waals surface area contributed by atoms with Gasteiger partial charge in [0.25, 0.3) is 5.92 Å². The average molecular weight is 1850 g/mol. The minimum Gasteiger partial charge on any atom is -0.480 e. The zero-order chi connectivity index (χ0) is 85.2. The molecule has 0 amide bonds. The standard InChI is InChI=1S/C26H29BrF3N5O4S.C26H30BrF2N5O4S.C26H30ClF2N5O4S/c1-3-39-25(38)21-19(12-35-11-15(9-26(29,30)14-35)10-34(2)13-20(36)37)32-23(24-31-6-7-40-24)33-22(21)17-5-4-16(28)8-18(17)27;2*1-3-38-26(37)22-20(13-34-11-15(8-17(29)12-34)10-33(2)14-21(35)36)31-24(25-30-6-7-39-25)32-23(22)18-5-4-16(28)9-19(18)27/h4-8,15,22H,3,9-14H2,1-2H3,(H,32,33)(H,36,37);2*4-7,9,15,17,23H,3,8,10-14H2,1-2H3,(H,31,32)(H,35,36)/t15?,22-;2*15?,17?,23-/m000/s1. The van der Waals surface area contributed by atoms with E-state index < -0.39 is 102 Å². The summed E-state index contributed by atoms with van der Waals surface area (Å²) in [5, 5.41) is 44.0. The lowest BCUT2D eigenvalue weighted by molar-refractivity contribution is -0.140. The molecule has 0 bridgehead atoms. The Kier molecular flexibility index (Phi) is 33.2. The molecule has 5 unspecified atom stereocenters. The van der Waals surface area contributed by atoms with Gasteiger partial charge in [-0.2, -0.15) is 0 Å². The maximum atomic E-state index is 14.9. The van der Waals surface area contributed by atoms with Gasteiger partial charge < -0.3 is 45.5 Å². The number of rotatable bonds is 30. The zero-order valence-electron chi connectivity index (χ0n) is 65.0. The Morgan fingerprint density at radius 3 is 1.18 bits per heavy atom. The summed E-state index contributed by atoms with van der Waals surface area (Å²) in [5.74, 6) is -8.75. The SMILES string of the molecule is CCOC(=O)C1=C(CN2CC(CN(C)CC(=O)O)CC(F)(F)C2)NC(c2nccs2)=N[C@H]1c1ccc(F)cc1Br.CCOC(=O)C1=C(CN2CC(F)CC(CN(C)CC(=O)O)C2)NC(c2nccs2)=N[C@H]1c1ccc(F)cc1Br.CCOC(=O)C1=C(CN2CC(F)CC(CN(C)CC(=O)O)C2)NC(c2nccs2)=N[C@H]1c1ccc(F)cc1Cl. The number of halogens is 10. The van der Waals surface area contributed by atoms with Crippen LogP contribution in [0.4, 0.5) is 30.7 Å². The topological polar surface area (TPSA) is 322 Å². The van der Waals surface area contributed by atoms with Gasteiger partial charge in [0.2, 0.25) is 0 Å². The number of hydrogen-bond acceptors (Lipinski definition) is 27. The van der Waals surface area contributed by atoms with Crippen molar-refractivity contribution in [1.29, 1.82) is 0 Å². The number of benzene rings is 3. The van der Waals surface area contributed by atoms with Gasteiger partial charge in [-0.1, -0.05) is 61.7 Å². The molecule has 3 aromatic carbocycles. The number of piperidine rings is 3. The summed E-state index contributed by atoms with van der Waals surface area (Å²) in [7, 11) is 4.97. The fraction of sp³-hybridized carbons (Fsp3) is 0.462. The number of carboxylic acids is 3. The summed E-state index contributed by atoms with van der Waals surface area (Å²) >= 11 is 17.2. The Hall–Kier alpha value is -8.48. The fourth-order valence-corrected chi connectivity index (χ4v) is 18.3. The van der Waals surface area contributed by atoms with Crippen LogP contribution in [0.1, 0.15) is 89.9 Å². The minimum absolute atomic E-state index is 0.0530. The zero-order valence-corrected chi connectivity index (χ0v) is 71.4. The van der Waals surface area contributed by atoms with Gasteiger partial charge >= 0.3 is 35.8 Å². The predicted octanol–water partition coefficient (Wildman–Crippen LogP) is 11.1. The van der Waals surface area contributed by atoms with Gasteiger partial charge in [-0.15, -0.1) is 34.0 Å². The molecule has 40 heteroatoms. The van der Waals surface area contributed by atoms with Crippen LogP contribution >= 0.6 is 77.5 Å². The number of aliphatic carboxylic acids is 3. The van der Waals surface area contributed by atoms with Crippen molar-refractivity contribution >= 4 is 131 Å². The molecule has 0 radical (unpaired) electrons. The highest BCUT2D eigenvalue weighted by atomic mass is 79.9. The van der Waals surface area contributed by atoms with E-state index in [9.17, 15) is 59.5 Å². The molecule has 0 spiro atoms. The number of amidine groups is 3. The van der Waals surface area contributed by atoms with Crippen LogP contribution in [0, 0.1) is 35.2 Å². The summed E-state index contributed by atoms with van der Waals surface area (Å²) in [5.41, 5.74) is 3.36. The van der Waals surface area contributed by atoms with Crippen LogP contribution in [0.3, 0.4) is 0 Å². The van der Waals surface area contributed by atoms with E-state index in [0.717, 1.165) is 6.07 Å². The first-order valence-electron chi connectivity index (χ1n) is 37.6. The van der Waals surface area contributed by atoms with Crippen LogP contribution in [-0.2, 0) is 43.0 Å². The van der Waals surface area contributed by atoms with E-state index in [4.69, 9.17) is 56.1 Å². The second-order valence-electron chi connectivity index (χ2n) is 29.0. The maximum absolute atomic E-state index is 14.9. The van der Waals surface area contributed by atoms with Crippen molar-refractivity contribution in [3.63, 3.8) is 0 Å². The number of likely N-dealkylation sites (tertiary alicyclic amines) is 3. The highest BCUT2D eigenvalue weighted by Gasteiger charge is 2.44. The van der Waals surface area contributed by atoms with Crippen LogP contribution in [0.2, 0.25) is 5.02 Å². The van der Waals surface area contributed by atoms with Gasteiger partial charge in [-0.3, -0.25) is 58.8 Å². The average Bonchev–Trinajstić information content (AvgIpc) is 1.01. The van der Waals surface area contributed by atoms with E-state index in [-0.39, 0.29) is 125 Å². The molecule has 8 atom stereocenters. The highest BCUT2D eigenvalue weighted by molar-refractivity contribution is 9.10. The molecule has 3 aromatic heterocycles.